The number of nitrogens with zero attached hydrogens (tertiary/aromatic N) is 1. The molecule has 0 aromatic heterocycles. The number of carbonyl (C=O) groups excluding carboxylic acids is 2. The maximum Gasteiger partial charge on any atom is 0.225 e. The topological polar surface area (TPSA) is 49.4 Å². The van der Waals surface area contributed by atoms with Gasteiger partial charge in [0.05, 0.1) is 0 Å². The number of rotatable bonds is 2. The second-order valence-electron chi connectivity index (χ2n) is 5.92. The van der Waals surface area contributed by atoms with Crippen LogP contribution in [0.3, 0.4) is 0 Å². The number of Topliss-reactive ketones (excluding diaryl/α,β-unsaturated/α-hetero) is 1. The van der Waals surface area contributed by atoms with Crippen LogP contribution in [-0.4, -0.2) is 42.8 Å². The van der Waals surface area contributed by atoms with Crippen LogP contribution < -0.4 is 5.32 Å². The van der Waals surface area contributed by atoms with Crippen LogP contribution >= 0.6 is 0 Å². The number of hydrogen-bond donors (Lipinski definition) is 1. The van der Waals surface area contributed by atoms with E-state index in [-0.39, 0.29) is 23.5 Å². The first-order chi connectivity index (χ1) is 8.58. The summed E-state index contributed by atoms with van der Waals surface area (Å²) >= 11 is 0. The van der Waals surface area contributed by atoms with E-state index in [0.717, 1.165) is 38.9 Å². The number of hydrogen-bond acceptors (Lipinski definition) is 3. The highest BCUT2D eigenvalue weighted by Crippen LogP contribution is 2.25. The van der Waals surface area contributed by atoms with Crippen molar-refractivity contribution in [3.8, 4) is 0 Å². The average Bonchev–Trinajstić information content (AvgIpc) is 2.38. The van der Waals surface area contributed by atoms with Crippen molar-refractivity contribution in [3.63, 3.8) is 0 Å². The molecular weight excluding hydrogens is 228 g/mol. The van der Waals surface area contributed by atoms with Crippen LogP contribution in [0.5, 0.6) is 0 Å². The average molecular weight is 252 g/mol. The molecule has 1 amide bonds. The highest BCUT2D eigenvalue weighted by molar-refractivity contribution is 5.82. The maximum absolute atomic E-state index is 12.5. The van der Waals surface area contributed by atoms with Crippen molar-refractivity contribution in [2.75, 3.05) is 26.2 Å². The molecule has 0 aromatic rings. The lowest BCUT2D eigenvalue weighted by molar-refractivity contribution is -0.140. The van der Waals surface area contributed by atoms with Gasteiger partial charge in [-0.25, -0.2) is 0 Å². The van der Waals surface area contributed by atoms with Crippen molar-refractivity contribution in [2.45, 2.75) is 33.1 Å². The third kappa shape index (κ3) is 3.10. The molecule has 4 heteroatoms. The van der Waals surface area contributed by atoms with Gasteiger partial charge in [-0.2, -0.15) is 0 Å². The van der Waals surface area contributed by atoms with Gasteiger partial charge in [0, 0.05) is 24.9 Å². The van der Waals surface area contributed by atoms with Crippen molar-refractivity contribution in [3.05, 3.63) is 0 Å². The first-order valence-corrected chi connectivity index (χ1v) is 7.08. The van der Waals surface area contributed by atoms with Gasteiger partial charge < -0.3 is 10.2 Å². The molecule has 0 radical (unpaired) electrons. The summed E-state index contributed by atoms with van der Waals surface area (Å²) in [6.07, 6.45) is 2.81. The van der Waals surface area contributed by atoms with Gasteiger partial charge in [0.1, 0.15) is 5.78 Å². The fourth-order valence-corrected chi connectivity index (χ4v) is 3.15. The lowest BCUT2D eigenvalue weighted by Crippen LogP contribution is -2.48. The van der Waals surface area contributed by atoms with Gasteiger partial charge in [-0.15, -0.1) is 0 Å². The summed E-state index contributed by atoms with van der Waals surface area (Å²) in [6.45, 7) is 7.13. The lowest BCUT2D eigenvalue weighted by atomic mass is 9.86. The SMILES string of the molecule is CC(=O)C1CC(C)CN(C(=O)C2CCNCC2)C1. The van der Waals surface area contributed by atoms with E-state index in [1.54, 1.807) is 6.92 Å². The van der Waals surface area contributed by atoms with E-state index in [9.17, 15) is 9.59 Å². The molecule has 2 unspecified atom stereocenters. The predicted molar refractivity (Wildman–Crippen MR) is 70.1 cm³/mol. The maximum atomic E-state index is 12.5. The Kier molecular flexibility index (Phi) is 4.38. The Morgan fingerprint density at radius 3 is 2.39 bits per heavy atom. The second-order valence-corrected chi connectivity index (χ2v) is 5.92. The highest BCUT2D eigenvalue weighted by atomic mass is 16.2. The Labute approximate surface area is 109 Å². The molecule has 0 bridgehead atoms. The molecule has 0 aromatic carbocycles. The van der Waals surface area contributed by atoms with E-state index in [4.69, 9.17) is 0 Å². The zero-order valence-corrected chi connectivity index (χ0v) is 11.4. The van der Waals surface area contributed by atoms with Crippen molar-refractivity contribution < 1.29 is 9.59 Å². The van der Waals surface area contributed by atoms with Crippen molar-refractivity contribution in [2.24, 2.45) is 17.8 Å². The van der Waals surface area contributed by atoms with Crippen LogP contribution in [0.25, 0.3) is 0 Å². The van der Waals surface area contributed by atoms with E-state index >= 15 is 0 Å². The number of piperidine rings is 2. The lowest BCUT2D eigenvalue weighted by Gasteiger charge is -2.38. The standard InChI is InChI=1S/C14H24N2O2/c1-10-7-13(11(2)17)9-16(8-10)14(18)12-3-5-15-6-4-12/h10,12-13,15H,3-9H2,1-2H3. The number of ketones is 1. The summed E-state index contributed by atoms with van der Waals surface area (Å²) in [7, 11) is 0. The zero-order chi connectivity index (χ0) is 13.1. The summed E-state index contributed by atoms with van der Waals surface area (Å²) in [4.78, 5) is 25.9. The molecule has 2 aliphatic heterocycles. The van der Waals surface area contributed by atoms with Gasteiger partial charge in [0.25, 0.3) is 0 Å². The molecule has 2 saturated heterocycles. The van der Waals surface area contributed by atoms with Crippen LogP contribution in [-0.2, 0) is 9.59 Å². The molecule has 2 aliphatic rings. The summed E-state index contributed by atoms with van der Waals surface area (Å²) in [5.41, 5.74) is 0. The van der Waals surface area contributed by atoms with Gasteiger partial charge >= 0.3 is 0 Å². The highest BCUT2D eigenvalue weighted by Gasteiger charge is 2.33. The normalized spacial score (nSPS) is 30.2. The fraction of sp³-hybridized carbons (Fsp3) is 0.857. The fourth-order valence-electron chi connectivity index (χ4n) is 3.15. The van der Waals surface area contributed by atoms with E-state index in [1.165, 1.54) is 0 Å². The Morgan fingerprint density at radius 2 is 1.78 bits per heavy atom. The molecule has 2 fully saturated rings. The first-order valence-electron chi connectivity index (χ1n) is 7.08. The monoisotopic (exact) mass is 252 g/mol. The van der Waals surface area contributed by atoms with Crippen LogP contribution in [0.15, 0.2) is 0 Å². The predicted octanol–water partition coefficient (Wildman–Crippen LogP) is 1.06. The van der Waals surface area contributed by atoms with Crippen LogP contribution in [0.1, 0.15) is 33.1 Å². The molecule has 2 atom stereocenters. The zero-order valence-electron chi connectivity index (χ0n) is 11.4. The van der Waals surface area contributed by atoms with E-state index in [2.05, 4.69) is 12.2 Å². The first kappa shape index (κ1) is 13.5. The smallest absolute Gasteiger partial charge is 0.225 e. The second kappa shape index (κ2) is 5.83. The van der Waals surface area contributed by atoms with Gasteiger partial charge in [0.2, 0.25) is 5.91 Å². The number of carbonyl (C=O) groups is 2. The van der Waals surface area contributed by atoms with Crippen LogP contribution in [0.4, 0.5) is 0 Å². The minimum absolute atomic E-state index is 0.0550. The third-order valence-electron chi connectivity index (χ3n) is 4.23. The molecule has 18 heavy (non-hydrogen) atoms. The Morgan fingerprint density at radius 1 is 1.11 bits per heavy atom. The van der Waals surface area contributed by atoms with E-state index in [0.29, 0.717) is 12.5 Å². The number of amides is 1. The minimum atomic E-state index is 0.0550. The molecule has 2 rings (SSSR count). The largest absolute Gasteiger partial charge is 0.341 e. The molecule has 4 nitrogen and oxygen atoms in total. The van der Waals surface area contributed by atoms with Crippen LogP contribution in [0, 0.1) is 17.8 Å². The molecule has 2 heterocycles. The minimum Gasteiger partial charge on any atom is -0.341 e. The molecule has 0 aliphatic carbocycles. The Balaban J connectivity index is 1.98. The molecule has 102 valence electrons. The van der Waals surface area contributed by atoms with Gasteiger partial charge in [-0.05, 0) is 45.2 Å². The Bertz CT molecular complexity index is 324. The molecule has 1 N–H and O–H groups in total. The van der Waals surface area contributed by atoms with Crippen molar-refractivity contribution >= 4 is 11.7 Å². The van der Waals surface area contributed by atoms with Crippen molar-refractivity contribution in [1.29, 1.82) is 0 Å². The van der Waals surface area contributed by atoms with Gasteiger partial charge in [0.15, 0.2) is 0 Å². The third-order valence-corrected chi connectivity index (χ3v) is 4.23. The van der Waals surface area contributed by atoms with Gasteiger partial charge in [-0.1, -0.05) is 6.92 Å². The van der Waals surface area contributed by atoms with E-state index in [1.807, 2.05) is 4.90 Å². The Hall–Kier alpha value is -0.900. The molecular formula is C14H24N2O2. The summed E-state index contributed by atoms with van der Waals surface area (Å²) < 4.78 is 0. The molecule has 0 spiro atoms. The van der Waals surface area contributed by atoms with E-state index < -0.39 is 0 Å². The number of nitrogens with one attached hydrogen (secondary N) is 1. The summed E-state index contributed by atoms with van der Waals surface area (Å²) in [6, 6.07) is 0. The van der Waals surface area contributed by atoms with Crippen molar-refractivity contribution in [1.82, 2.24) is 10.2 Å². The van der Waals surface area contributed by atoms with Gasteiger partial charge in [-0.3, -0.25) is 9.59 Å². The molecule has 0 saturated carbocycles. The summed E-state index contributed by atoms with van der Waals surface area (Å²) in [5.74, 6) is 1.17. The van der Waals surface area contributed by atoms with Crippen LogP contribution in [0.2, 0.25) is 0 Å². The summed E-state index contributed by atoms with van der Waals surface area (Å²) in [5, 5.41) is 3.28. The quantitative estimate of drug-likeness (QED) is 0.799. The number of likely N-dealkylation sites (tertiary alicyclic amines) is 1.